The van der Waals surface area contributed by atoms with Crippen molar-refractivity contribution in [3.05, 3.63) is 68.8 Å². The minimum atomic E-state index is -0.886. The van der Waals surface area contributed by atoms with Crippen molar-refractivity contribution >= 4 is 5.97 Å². The first-order valence-corrected chi connectivity index (χ1v) is 12.9. The van der Waals surface area contributed by atoms with Crippen LogP contribution in [0.3, 0.4) is 0 Å². The number of esters is 1. The first kappa shape index (κ1) is 29.6. The van der Waals surface area contributed by atoms with Crippen LogP contribution in [0.15, 0.2) is 39.5 Å². The highest BCUT2D eigenvalue weighted by Crippen LogP contribution is 2.43. The number of hydrogen-bond acceptors (Lipinski definition) is 11. The first-order chi connectivity index (χ1) is 19.8. The second-order valence-corrected chi connectivity index (χ2v) is 9.52. The molecule has 0 spiro atoms. The average Bonchev–Trinajstić information content (AvgIpc) is 2.99. The molecule has 220 valence electrons. The van der Waals surface area contributed by atoms with Gasteiger partial charge in [0.05, 0.1) is 61.5 Å². The Bertz CT molecular complexity index is 1440. The fourth-order valence-corrected chi connectivity index (χ4v) is 5.08. The Kier molecular flexibility index (Phi) is 9.28. The molecule has 11 nitrogen and oxygen atoms in total. The smallest absolute Gasteiger partial charge is 0.306 e. The highest BCUT2D eigenvalue weighted by molar-refractivity contribution is 5.71. The number of fused-ring (bicyclic) bond motifs is 1. The van der Waals surface area contributed by atoms with Crippen LogP contribution in [0.5, 0.6) is 34.5 Å². The summed E-state index contributed by atoms with van der Waals surface area (Å²) in [7, 11) is 8.88. The molecule has 1 unspecified atom stereocenters. The Morgan fingerprint density at radius 2 is 1.49 bits per heavy atom. The van der Waals surface area contributed by atoms with Gasteiger partial charge in [-0.05, 0) is 47.4 Å². The molecule has 1 atom stereocenters. The monoisotopic (exact) mass is 569 g/mol. The van der Waals surface area contributed by atoms with Crippen molar-refractivity contribution in [2.75, 3.05) is 49.2 Å². The van der Waals surface area contributed by atoms with E-state index in [0.717, 1.165) is 17.5 Å². The number of carbonyl (C=O) groups is 1. The van der Waals surface area contributed by atoms with Crippen molar-refractivity contribution < 1.29 is 42.7 Å². The van der Waals surface area contributed by atoms with Crippen LogP contribution in [0.2, 0.25) is 0 Å². The number of benzene rings is 2. The summed E-state index contributed by atoms with van der Waals surface area (Å²) in [6.07, 6.45) is 0.551. The lowest BCUT2D eigenvalue weighted by Crippen LogP contribution is -2.30. The van der Waals surface area contributed by atoms with Gasteiger partial charge in [-0.3, -0.25) is 14.5 Å². The summed E-state index contributed by atoms with van der Waals surface area (Å²) in [6, 6.07) is 8.50. The maximum absolute atomic E-state index is 12.9. The van der Waals surface area contributed by atoms with Crippen molar-refractivity contribution in [1.29, 1.82) is 0 Å². The molecule has 1 aliphatic rings. The molecule has 0 radical (unpaired) electrons. The fourth-order valence-electron chi connectivity index (χ4n) is 5.08. The fraction of sp³-hybridized carbons (Fsp3) is 0.400. The number of nitrogens with zero attached hydrogens (tertiary/aromatic N) is 1. The van der Waals surface area contributed by atoms with E-state index in [1.807, 2.05) is 12.1 Å². The summed E-state index contributed by atoms with van der Waals surface area (Å²) in [4.78, 5) is 27.6. The zero-order valence-corrected chi connectivity index (χ0v) is 24.1. The Balaban J connectivity index is 1.72. The molecular weight excluding hydrogens is 534 g/mol. The topological polar surface area (TPSA) is 126 Å². The van der Waals surface area contributed by atoms with Crippen LogP contribution in [0.25, 0.3) is 0 Å². The normalized spacial score (nSPS) is 13.6. The quantitative estimate of drug-likeness (QED) is 0.340. The van der Waals surface area contributed by atoms with Gasteiger partial charge in [0, 0.05) is 19.2 Å². The zero-order valence-electron chi connectivity index (χ0n) is 24.1. The molecule has 1 aromatic heterocycles. The summed E-state index contributed by atoms with van der Waals surface area (Å²) in [5.41, 5.74) is 2.12. The third kappa shape index (κ3) is 6.19. The second-order valence-electron chi connectivity index (χ2n) is 9.52. The number of rotatable bonds is 11. The molecule has 0 bridgehead atoms. The zero-order chi connectivity index (χ0) is 29.7. The van der Waals surface area contributed by atoms with Crippen LogP contribution in [0.1, 0.15) is 40.5 Å². The van der Waals surface area contributed by atoms with Crippen molar-refractivity contribution in [3.63, 3.8) is 0 Å². The van der Waals surface area contributed by atoms with Crippen molar-refractivity contribution in [2.24, 2.45) is 0 Å². The van der Waals surface area contributed by atoms with E-state index in [0.29, 0.717) is 59.7 Å². The standard InChI is InChI=1S/C30H35NO10/c1-35-23-9-17-7-8-31(15-19(17)12-24(23)36-2)16-20-13-22(32)28(34)29(41-20)21(14-27(33)39-5)18-10-25(37-3)30(40-6)26(11-18)38-4/h9-13,21,34H,7-8,14-16H2,1-6H3. The molecule has 4 rings (SSSR count). The average molecular weight is 570 g/mol. The lowest BCUT2D eigenvalue weighted by Gasteiger charge is -2.29. The van der Waals surface area contributed by atoms with Crippen molar-refractivity contribution in [3.8, 4) is 34.5 Å². The molecule has 0 aliphatic carbocycles. The molecule has 2 heterocycles. The van der Waals surface area contributed by atoms with E-state index in [1.54, 1.807) is 26.4 Å². The molecule has 0 saturated heterocycles. The number of aromatic hydroxyl groups is 1. The van der Waals surface area contributed by atoms with Crippen LogP contribution >= 0.6 is 0 Å². The predicted octanol–water partition coefficient (Wildman–Crippen LogP) is 3.64. The third-order valence-corrected chi connectivity index (χ3v) is 7.18. The molecule has 0 fully saturated rings. The van der Waals surface area contributed by atoms with Gasteiger partial charge in [0.2, 0.25) is 16.9 Å². The van der Waals surface area contributed by atoms with Crippen LogP contribution in [-0.2, 0) is 29.0 Å². The van der Waals surface area contributed by atoms with Gasteiger partial charge in [-0.15, -0.1) is 0 Å². The molecule has 1 N–H and O–H groups in total. The SMILES string of the molecule is COC(=O)CC(c1cc(OC)c(OC)c(OC)c1)c1oc(CN2CCc3cc(OC)c(OC)cc3C2)cc(=O)c1O. The van der Waals surface area contributed by atoms with E-state index in [2.05, 4.69) is 4.90 Å². The Hall–Kier alpha value is -4.38. The summed E-state index contributed by atoms with van der Waals surface area (Å²) >= 11 is 0. The van der Waals surface area contributed by atoms with Crippen molar-refractivity contribution in [1.82, 2.24) is 4.90 Å². The molecule has 1 aliphatic heterocycles. The third-order valence-electron chi connectivity index (χ3n) is 7.18. The predicted molar refractivity (Wildman–Crippen MR) is 149 cm³/mol. The van der Waals surface area contributed by atoms with Gasteiger partial charge in [0.15, 0.2) is 28.8 Å². The highest BCUT2D eigenvalue weighted by atomic mass is 16.5. The highest BCUT2D eigenvalue weighted by Gasteiger charge is 2.30. The van der Waals surface area contributed by atoms with Gasteiger partial charge in [-0.2, -0.15) is 0 Å². The van der Waals surface area contributed by atoms with Gasteiger partial charge >= 0.3 is 5.97 Å². The molecule has 3 aromatic rings. The number of hydrogen-bond donors (Lipinski definition) is 1. The van der Waals surface area contributed by atoms with Crippen molar-refractivity contribution in [2.45, 2.75) is 31.8 Å². The van der Waals surface area contributed by atoms with E-state index < -0.39 is 23.1 Å². The van der Waals surface area contributed by atoms with Gasteiger partial charge in [0.25, 0.3) is 0 Å². The molecule has 0 amide bonds. The van der Waals surface area contributed by atoms with Crippen LogP contribution in [0.4, 0.5) is 0 Å². The first-order valence-electron chi connectivity index (χ1n) is 12.9. The van der Waals surface area contributed by atoms with E-state index in [-0.39, 0.29) is 12.2 Å². The molecule has 0 saturated carbocycles. The summed E-state index contributed by atoms with van der Waals surface area (Å²) in [5, 5.41) is 10.9. The van der Waals surface area contributed by atoms with E-state index in [4.69, 9.17) is 32.8 Å². The lowest BCUT2D eigenvalue weighted by molar-refractivity contribution is -0.140. The van der Waals surface area contributed by atoms with Crippen LogP contribution < -0.4 is 29.1 Å². The Morgan fingerprint density at radius 3 is 2.05 bits per heavy atom. The maximum Gasteiger partial charge on any atom is 0.306 e. The summed E-state index contributed by atoms with van der Waals surface area (Å²) in [6.45, 7) is 1.60. The number of ether oxygens (including phenoxy) is 6. The van der Waals surface area contributed by atoms with E-state index >= 15 is 0 Å². The lowest BCUT2D eigenvalue weighted by atomic mass is 9.91. The molecule has 2 aromatic carbocycles. The maximum atomic E-state index is 12.9. The van der Waals surface area contributed by atoms with Crippen LogP contribution in [-0.4, -0.2) is 65.2 Å². The summed E-state index contributed by atoms with van der Waals surface area (Å²) in [5.74, 6) is 0.607. The minimum Gasteiger partial charge on any atom is -0.502 e. The van der Waals surface area contributed by atoms with Gasteiger partial charge in [-0.25, -0.2) is 0 Å². The molecule has 11 heteroatoms. The molecule has 41 heavy (non-hydrogen) atoms. The largest absolute Gasteiger partial charge is 0.502 e. The van der Waals surface area contributed by atoms with E-state index in [1.165, 1.54) is 34.5 Å². The number of carbonyl (C=O) groups excluding carboxylic acids is 1. The minimum absolute atomic E-state index is 0.0593. The second kappa shape index (κ2) is 12.9. The van der Waals surface area contributed by atoms with Gasteiger partial charge in [-0.1, -0.05) is 0 Å². The van der Waals surface area contributed by atoms with Gasteiger partial charge < -0.3 is 37.9 Å². The Labute approximate surface area is 238 Å². The Morgan fingerprint density at radius 1 is 0.878 bits per heavy atom. The van der Waals surface area contributed by atoms with Crippen LogP contribution in [0, 0.1) is 0 Å². The molecular formula is C30H35NO10. The number of methoxy groups -OCH3 is 6. The summed E-state index contributed by atoms with van der Waals surface area (Å²) < 4.78 is 38.3. The van der Waals surface area contributed by atoms with E-state index in [9.17, 15) is 14.7 Å². The van der Waals surface area contributed by atoms with Gasteiger partial charge in [0.1, 0.15) is 5.76 Å².